The Balaban J connectivity index is 2.09. The van der Waals surface area contributed by atoms with E-state index < -0.39 is 0 Å². The molecule has 3 aromatic rings. The van der Waals surface area contributed by atoms with Crippen LogP contribution in [0.25, 0.3) is 22.4 Å². The smallest absolute Gasteiger partial charge is 0.156 e. The maximum atomic E-state index is 4.67. The van der Waals surface area contributed by atoms with Gasteiger partial charge in [-0.1, -0.05) is 18.2 Å². The molecular formula is C15H16N4. The first-order valence-corrected chi connectivity index (χ1v) is 6.33. The minimum absolute atomic E-state index is 0.777. The zero-order valence-electron chi connectivity index (χ0n) is 11.1. The van der Waals surface area contributed by atoms with Crippen LogP contribution in [0.3, 0.4) is 0 Å². The van der Waals surface area contributed by atoms with Crippen LogP contribution in [-0.4, -0.2) is 22.0 Å². The lowest BCUT2D eigenvalue weighted by Gasteiger charge is -2.04. The van der Waals surface area contributed by atoms with Crippen molar-refractivity contribution in [1.82, 2.24) is 20.3 Å². The molecule has 0 radical (unpaired) electrons. The summed E-state index contributed by atoms with van der Waals surface area (Å²) in [6.07, 6.45) is 1.85. The summed E-state index contributed by atoms with van der Waals surface area (Å²) in [5.74, 6) is 0.819. The Morgan fingerprint density at radius 1 is 1.26 bits per heavy atom. The number of hydrogen-bond donors (Lipinski definition) is 2. The molecule has 0 spiro atoms. The number of para-hydroxylation sites is 1. The van der Waals surface area contributed by atoms with Gasteiger partial charge < -0.3 is 10.3 Å². The van der Waals surface area contributed by atoms with Gasteiger partial charge in [-0.3, -0.25) is 0 Å². The highest BCUT2D eigenvalue weighted by atomic mass is 15.0. The number of pyridine rings is 1. The van der Waals surface area contributed by atoms with Crippen LogP contribution in [0.4, 0.5) is 0 Å². The predicted molar refractivity (Wildman–Crippen MR) is 76.8 cm³/mol. The van der Waals surface area contributed by atoms with E-state index in [2.05, 4.69) is 39.3 Å². The van der Waals surface area contributed by atoms with Gasteiger partial charge >= 0.3 is 0 Å². The zero-order valence-corrected chi connectivity index (χ0v) is 11.1. The molecule has 96 valence electrons. The molecule has 3 rings (SSSR count). The van der Waals surface area contributed by atoms with Crippen LogP contribution >= 0.6 is 0 Å². The second-order valence-corrected chi connectivity index (χ2v) is 4.63. The summed E-state index contributed by atoms with van der Waals surface area (Å²) in [5, 5.41) is 4.29. The van der Waals surface area contributed by atoms with Gasteiger partial charge in [-0.15, -0.1) is 0 Å². The highest BCUT2D eigenvalue weighted by Gasteiger charge is 2.07. The molecule has 2 aromatic heterocycles. The minimum atomic E-state index is 0.777. The van der Waals surface area contributed by atoms with E-state index in [0.29, 0.717) is 0 Å². The summed E-state index contributed by atoms with van der Waals surface area (Å²) in [4.78, 5) is 12.3. The molecule has 1 aromatic carbocycles. The Bertz CT molecular complexity index is 715. The number of H-pyrrole nitrogens is 1. The average Bonchev–Trinajstić information content (AvgIpc) is 2.88. The van der Waals surface area contributed by atoms with E-state index in [1.165, 1.54) is 10.9 Å². The van der Waals surface area contributed by atoms with Crippen LogP contribution in [0.5, 0.6) is 0 Å². The lowest BCUT2D eigenvalue weighted by molar-refractivity contribution is 0.797. The Morgan fingerprint density at radius 3 is 2.95 bits per heavy atom. The van der Waals surface area contributed by atoms with Gasteiger partial charge in [0.1, 0.15) is 5.69 Å². The average molecular weight is 252 g/mol. The first-order valence-electron chi connectivity index (χ1n) is 6.33. The van der Waals surface area contributed by atoms with Crippen LogP contribution < -0.4 is 5.32 Å². The van der Waals surface area contributed by atoms with E-state index in [1.807, 2.05) is 31.4 Å². The number of nitrogens with zero attached hydrogens (tertiary/aromatic N) is 2. The number of aryl methyl sites for hydroxylation is 1. The molecule has 2 N–H and O–H groups in total. The van der Waals surface area contributed by atoms with E-state index in [0.717, 1.165) is 29.3 Å². The summed E-state index contributed by atoms with van der Waals surface area (Å²) in [5.41, 5.74) is 4.17. The normalized spacial score (nSPS) is 11.1. The molecule has 0 fully saturated rings. The number of nitrogens with one attached hydrogen (secondary N) is 2. The molecule has 4 heteroatoms. The number of aromatic amines is 1. The molecule has 2 heterocycles. The number of fused-ring (bicyclic) bond motifs is 1. The van der Waals surface area contributed by atoms with Crippen LogP contribution in [-0.2, 0) is 6.54 Å². The topological polar surface area (TPSA) is 53.6 Å². The standard InChI is InChI=1S/C15H16N4/c1-10-7-14(15-17-9-11(18-15)8-16-2)19-13-6-4-3-5-12(10)13/h3-7,9,16H,8H2,1-2H3,(H,17,18). The number of rotatable bonds is 3. The SMILES string of the molecule is CNCc1cnc(-c2cc(C)c3ccccc3n2)[nH]1. The molecule has 0 atom stereocenters. The maximum absolute atomic E-state index is 4.67. The number of benzene rings is 1. The van der Waals surface area contributed by atoms with Gasteiger partial charge in [0.25, 0.3) is 0 Å². The van der Waals surface area contributed by atoms with E-state index in [9.17, 15) is 0 Å². The second-order valence-electron chi connectivity index (χ2n) is 4.63. The Kier molecular flexibility index (Phi) is 3.01. The van der Waals surface area contributed by atoms with Crippen molar-refractivity contribution in [1.29, 1.82) is 0 Å². The molecule has 0 amide bonds. The Hall–Kier alpha value is -2.20. The van der Waals surface area contributed by atoms with Crippen molar-refractivity contribution < 1.29 is 0 Å². The van der Waals surface area contributed by atoms with Gasteiger partial charge in [0.15, 0.2) is 5.82 Å². The highest BCUT2D eigenvalue weighted by molar-refractivity contribution is 5.84. The fourth-order valence-electron chi connectivity index (χ4n) is 2.24. The fourth-order valence-corrected chi connectivity index (χ4v) is 2.24. The summed E-state index contributed by atoms with van der Waals surface area (Å²) >= 11 is 0. The van der Waals surface area contributed by atoms with E-state index in [4.69, 9.17) is 0 Å². The van der Waals surface area contributed by atoms with Crippen molar-refractivity contribution in [3.05, 3.63) is 47.8 Å². The quantitative estimate of drug-likeness (QED) is 0.753. The van der Waals surface area contributed by atoms with Crippen LogP contribution in [0.2, 0.25) is 0 Å². The number of hydrogen-bond acceptors (Lipinski definition) is 3. The molecule has 0 saturated carbocycles. The first kappa shape index (κ1) is 11.9. The van der Waals surface area contributed by atoms with Crippen molar-refractivity contribution in [2.45, 2.75) is 13.5 Å². The second kappa shape index (κ2) is 4.82. The van der Waals surface area contributed by atoms with E-state index >= 15 is 0 Å². The van der Waals surface area contributed by atoms with Crippen molar-refractivity contribution >= 4 is 10.9 Å². The number of aromatic nitrogens is 3. The fraction of sp³-hybridized carbons (Fsp3) is 0.200. The zero-order chi connectivity index (χ0) is 13.2. The number of imidazole rings is 1. The van der Waals surface area contributed by atoms with Crippen molar-refractivity contribution in [2.75, 3.05) is 7.05 Å². The van der Waals surface area contributed by atoms with Crippen LogP contribution in [0.1, 0.15) is 11.3 Å². The lowest BCUT2D eigenvalue weighted by atomic mass is 10.1. The lowest BCUT2D eigenvalue weighted by Crippen LogP contribution is -2.04. The van der Waals surface area contributed by atoms with E-state index in [1.54, 1.807) is 0 Å². The molecular weight excluding hydrogens is 236 g/mol. The van der Waals surface area contributed by atoms with Crippen molar-refractivity contribution in [2.24, 2.45) is 0 Å². The molecule has 0 aliphatic carbocycles. The third-order valence-electron chi connectivity index (χ3n) is 3.16. The molecule has 0 aliphatic rings. The Labute approximate surface area is 111 Å². The van der Waals surface area contributed by atoms with Gasteiger partial charge in [0.2, 0.25) is 0 Å². The summed E-state index contributed by atoms with van der Waals surface area (Å²) < 4.78 is 0. The summed E-state index contributed by atoms with van der Waals surface area (Å²) in [7, 11) is 1.92. The van der Waals surface area contributed by atoms with Crippen LogP contribution in [0.15, 0.2) is 36.5 Å². The van der Waals surface area contributed by atoms with Gasteiger partial charge in [0.05, 0.1) is 11.7 Å². The molecule has 19 heavy (non-hydrogen) atoms. The third-order valence-corrected chi connectivity index (χ3v) is 3.16. The minimum Gasteiger partial charge on any atom is -0.339 e. The van der Waals surface area contributed by atoms with Gasteiger partial charge in [-0.25, -0.2) is 9.97 Å². The maximum Gasteiger partial charge on any atom is 0.156 e. The molecule has 0 unspecified atom stereocenters. The predicted octanol–water partition coefficient (Wildman–Crippen LogP) is 2.65. The molecule has 0 saturated heterocycles. The third kappa shape index (κ3) is 2.22. The van der Waals surface area contributed by atoms with Gasteiger partial charge in [0, 0.05) is 17.6 Å². The summed E-state index contributed by atoms with van der Waals surface area (Å²) in [6, 6.07) is 10.2. The molecule has 0 aliphatic heterocycles. The van der Waals surface area contributed by atoms with Crippen molar-refractivity contribution in [3.63, 3.8) is 0 Å². The monoisotopic (exact) mass is 252 g/mol. The van der Waals surface area contributed by atoms with Crippen LogP contribution in [0, 0.1) is 6.92 Å². The van der Waals surface area contributed by atoms with Gasteiger partial charge in [-0.05, 0) is 31.7 Å². The molecule has 4 nitrogen and oxygen atoms in total. The Morgan fingerprint density at radius 2 is 2.11 bits per heavy atom. The van der Waals surface area contributed by atoms with Gasteiger partial charge in [-0.2, -0.15) is 0 Å². The summed E-state index contributed by atoms with van der Waals surface area (Å²) in [6.45, 7) is 2.88. The molecule has 0 bridgehead atoms. The first-order chi connectivity index (χ1) is 9.28. The van der Waals surface area contributed by atoms with E-state index in [-0.39, 0.29) is 0 Å². The largest absolute Gasteiger partial charge is 0.339 e. The van der Waals surface area contributed by atoms with Crippen molar-refractivity contribution in [3.8, 4) is 11.5 Å². The highest BCUT2D eigenvalue weighted by Crippen LogP contribution is 2.22.